The van der Waals surface area contributed by atoms with Crippen LogP contribution in [0.4, 0.5) is 0 Å². The molecule has 0 bridgehead atoms. The van der Waals surface area contributed by atoms with Gasteiger partial charge in [0.05, 0.1) is 17.2 Å². The second kappa shape index (κ2) is 4.36. The third-order valence-corrected chi connectivity index (χ3v) is 4.16. The van der Waals surface area contributed by atoms with Gasteiger partial charge in [0, 0.05) is 35.8 Å². The Balaban J connectivity index is 1.81. The number of aromatic nitrogens is 6. The maximum absolute atomic E-state index is 4.47. The molecule has 0 aliphatic heterocycles. The van der Waals surface area contributed by atoms with Gasteiger partial charge >= 0.3 is 0 Å². The molecule has 0 atom stereocenters. The molecule has 5 rings (SSSR count). The Morgan fingerprint density at radius 3 is 2.87 bits per heavy atom. The molecule has 110 valence electrons. The molecule has 0 saturated heterocycles. The quantitative estimate of drug-likeness (QED) is 0.516. The van der Waals surface area contributed by atoms with Gasteiger partial charge in [0.1, 0.15) is 11.2 Å². The summed E-state index contributed by atoms with van der Waals surface area (Å²) < 4.78 is 1.79. The van der Waals surface area contributed by atoms with E-state index < -0.39 is 0 Å². The number of rotatable bonds is 1. The first-order valence-electron chi connectivity index (χ1n) is 7.31. The number of benzene rings is 1. The Morgan fingerprint density at radius 2 is 1.91 bits per heavy atom. The molecule has 0 fully saturated rings. The van der Waals surface area contributed by atoms with Crippen LogP contribution in [0.3, 0.4) is 0 Å². The van der Waals surface area contributed by atoms with Crippen molar-refractivity contribution in [1.82, 2.24) is 29.9 Å². The average Bonchev–Trinajstić information content (AvgIpc) is 3.20. The van der Waals surface area contributed by atoms with Crippen molar-refractivity contribution >= 4 is 33.0 Å². The van der Waals surface area contributed by atoms with E-state index in [0.717, 1.165) is 44.1 Å². The minimum Gasteiger partial charge on any atom is -0.346 e. The summed E-state index contributed by atoms with van der Waals surface area (Å²) in [5.74, 6) is 0. The van der Waals surface area contributed by atoms with Crippen LogP contribution in [-0.4, -0.2) is 29.9 Å². The summed E-state index contributed by atoms with van der Waals surface area (Å²) in [4.78, 5) is 12.0. The summed E-state index contributed by atoms with van der Waals surface area (Å²) in [5, 5.41) is 10.4. The molecule has 4 heterocycles. The van der Waals surface area contributed by atoms with Crippen molar-refractivity contribution < 1.29 is 0 Å². The number of hydrogen-bond acceptors (Lipinski definition) is 4. The molecule has 5 aromatic rings. The van der Waals surface area contributed by atoms with Crippen LogP contribution < -0.4 is 0 Å². The molecule has 4 aromatic heterocycles. The van der Waals surface area contributed by atoms with Gasteiger partial charge in [-0.05, 0) is 29.8 Å². The highest BCUT2D eigenvalue weighted by molar-refractivity contribution is 6.03. The zero-order valence-electron chi connectivity index (χ0n) is 12.4. The number of aryl methyl sites for hydroxylation is 1. The molecule has 0 unspecified atom stereocenters. The molecule has 0 aliphatic carbocycles. The number of aromatic amines is 1. The Morgan fingerprint density at radius 1 is 0.957 bits per heavy atom. The molecular weight excluding hydrogens is 288 g/mol. The molecule has 23 heavy (non-hydrogen) atoms. The lowest BCUT2D eigenvalue weighted by Gasteiger charge is -2.05. The van der Waals surface area contributed by atoms with Crippen LogP contribution >= 0.6 is 0 Å². The van der Waals surface area contributed by atoms with Crippen LogP contribution in [-0.2, 0) is 7.05 Å². The van der Waals surface area contributed by atoms with Crippen LogP contribution in [0.2, 0.25) is 0 Å². The van der Waals surface area contributed by atoms with Crippen molar-refractivity contribution in [3.8, 4) is 11.1 Å². The molecule has 0 radical (unpaired) electrons. The zero-order valence-corrected chi connectivity index (χ0v) is 12.4. The van der Waals surface area contributed by atoms with E-state index in [1.54, 1.807) is 10.9 Å². The minimum absolute atomic E-state index is 0.802. The second-order valence-electron chi connectivity index (χ2n) is 5.58. The normalized spacial score (nSPS) is 11.7. The van der Waals surface area contributed by atoms with Crippen LogP contribution in [0.25, 0.3) is 44.1 Å². The third kappa shape index (κ3) is 1.75. The van der Waals surface area contributed by atoms with Gasteiger partial charge in [0.25, 0.3) is 0 Å². The Hall–Kier alpha value is -3.28. The van der Waals surface area contributed by atoms with Crippen molar-refractivity contribution in [2.24, 2.45) is 7.05 Å². The van der Waals surface area contributed by atoms with E-state index in [9.17, 15) is 0 Å². The van der Waals surface area contributed by atoms with E-state index in [2.05, 4.69) is 43.5 Å². The van der Waals surface area contributed by atoms with Crippen molar-refractivity contribution in [2.75, 3.05) is 0 Å². The summed E-state index contributed by atoms with van der Waals surface area (Å²) in [5.41, 5.74) is 5.80. The first-order chi connectivity index (χ1) is 11.3. The number of nitrogens with one attached hydrogen (secondary N) is 1. The van der Waals surface area contributed by atoms with Crippen LogP contribution in [0.5, 0.6) is 0 Å². The van der Waals surface area contributed by atoms with Gasteiger partial charge in [-0.3, -0.25) is 4.98 Å². The molecule has 1 N–H and O–H groups in total. The Bertz CT molecular complexity index is 1180. The average molecular weight is 300 g/mol. The SMILES string of the molecule is Cn1nnc2cnc3ccc(-c4cnc5[nH]ccc5c4)cc3c21. The van der Waals surface area contributed by atoms with E-state index in [-0.39, 0.29) is 0 Å². The largest absolute Gasteiger partial charge is 0.346 e. The standard InChI is InChI=1S/C17H12N6/c1-23-16-13-7-10(2-3-14(13)19-9-15(16)21-22-23)12-6-11-4-5-18-17(11)20-8-12/h2-9H,1H3,(H,18,20). The fraction of sp³-hybridized carbons (Fsp3) is 0.0588. The maximum atomic E-state index is 4.47. The molecule has 0 aliphatic rings. The molecule has 0 spiro atoms. The van der Waals surface area contributed by atoms with Crippen LogP contribution in [0, 0.1) is 0 Å². The first kappa shape index (κ1) is 12.3. The molecule has 6 heteroatoms. The number of fused-ring (bicyclic) bond motifs is 4. The van der Waals surface area contributed by atoms with Gasteiger partial charge in [0.15, 0.2) is 0 Å². The number of H-pyrrole nitrogens is 1. The van der Waals surface area contributed by atoms with Gasteiger partial charge in [-0.2, -0.15) is 0 Å². The van der Waals surface area contributed by atoms with E-state index in [4.69, 9.17) is 0 Å². The zero-order chi connectivity index (χ0) is 15.4. The molecule has 0 amide bonds. The van der Waals surface area contributed by atoms with Crippen molar-refractivity contribution in [3.05, 3.63) is 48.9 Å². The highest BCUT2D eigenvalue weighted by atomic mass is 15.4. The maximum Gasteiger partial charge on any atom is 0.137 e. The summed E-state index contributed by atoms with van der Waals surface area (Å²) in [6, 6.07) is 10.4. The summed E-state index contributed by atoms with van der Waals surface area (Å²) in [6.07, 6.45) is 5.55. The van der Waals surface area contributed by atoms with Crippen molar-refractivity contribution in [2.45, 2.75) is 0 Å². The molecule has 6 nitrogen and oxygen atoms in total. The number of pyridine rings is 2. The number of nitrogens with zero attached hydrogens (tertiary/aromatic N) is 5. The first-order valence-corrected chi connectivity index (χ1v) is 7.31. The second-order valence-corrected chi connectivity index (χ2v) is 5.58. The minimum atomic E-state index is 0.802. The highest BCUT2D eigenvalue weighted by Gasteiger charge is 2.10. The lowest BCUT2D eigenvalue weighted by atomic mass is 10.0. The summed E-state index contributed by atoms with van der Waals surface area (Å²) >= 11 is 0. The van der Waals surface area contributed by atoms with Gasteiger partial charge in [0.2, 0.25) is 0 Å². The van der Waals surface area contributed by atoms with Gasteiger partial charge in [-0.15, -0.1) is 5.10 Å². The van der Waals surface area contributed by atoms with E-state index >= 15 is 0 Å². The molecule has 0 saturated carbocycles. The summed E-state index contributed by atoms with van der Waals surface area (Å²) in [6.45, 7) is 0. The Labute approximate surface area is 130 Å². The van der Waals surface area contributed by atoms with Gasteiger partial charge in [-0.1, -0.05) is 11.3 Å². The lowest BCUT2D eigenvalue weighted by molar-refractivity contribution is 0.738. The monoisotopic (exact) mass is 300 g/mol. The molecular formula is C17H12N6. The highest BCUT2D eigenvalue weighted by Crippen LogP contribution is 2.28. The topological polar surface area (TPSA) is 72.3 Å². The third-order valence-electron chi connectivity index (χ3n) is 4.16. The molecule has 1 aromatic carbocycles. The predicted octanol–water partition coefficient (Wildman–Crippen LogP) is 3.06. The van der Waals surface area contributed by atoms with E-state index in [0.29, 0.717) is 0 Å². The number of hydrogen-bond donors (Lipinski definition) is 1. The predicted molar refractivity (Wildman–Crippen MR) is 88.9 cm³/mol. The van der Waals surface area contributed by atoms with E-state index in [1.807, 2.05) is 31.6 Å². The fourth-order valence-corrected chi connectivity index (χ4v) is 3.02. The van der Waals surface area contributed by atoms with Gasteiger partial charge < -0.3 is 4.98 Å². The Kier molecular flexibility index (Phi) is 2.33. The van der Waals surface area contributed by atoms with Crippen molar-refractivity contribution in [3.63, 3.8) is 0 Å². The van der Waals surface area contributed by atoms with Crippen molar-refractivity contribution in [1.29, 1.82) is 0 Å². The van der Waals surface area contributed by atoms with E-state index in [1.165, 1.54) is 0 Å². The fourth-order valence-electron chi connectivity index (χ4n) is 3.02. The van der Waals surface area contributed by atoms with Gasteiger partial charge in [-0.25, -0.2) is 9.67 Å². The summed E-state index contributed by atoms with van der Waals surface area (Å²) in [7, 11) is 1.90. The lowest BCUT2D eigenvalue weighted by Crippen LogP contribution is -1.91. The van der Waals surface area contributed by atoms with Crippen LogP contribution in [0.15, 0.2) is 48.9 Å². The van der Waals surface area contributed by atoms with Crippen LogP contribution in [0.1, 0.15) is 0 Å². The smallest absolute Gasteiger partial charge is 0.137 e.